The van der Waals surface area contributed by atoms with Gasteiger partial charge in [0.05, 0.1) is 6.54 Å². The van der Waals surface area contributed by atoms with Gasteiger partial charge in [0.25, 0.3) is 0 Å². The van der Waals surface area contributed by atoms with Crippen LogP contribution in [0.1, 0.15) is 52.4 Å². The second kappa shape index (κ2) is 7.99. The molecule has 2 fully saturated rings. The van der Waals surface area contributed by atoms with Crippen molar-refractivity contribution in [1.82, 2.24) is 15.5 Å². The highest BCUT2D eigenvalue weighted by Crippen LogP contribution is 2.18. The van der Waals surface area contributed by atoms with Crippen LogP contribution in [-0.2, 0) is 4.79 Å². The van der Waals surface area contributed by atoms with E-state index in [2.05, 4.69) is 29.4 Å². The van der Waals surface area contributed by atoms with Gasteiger partial charge >= 0.3 is 0 Å². The predicted octanol–water partition coefficient (Wildman–Crippen LogP) is 1.76. The summed E-state index contributed by atoms with van der Waals surface area (Å²) < 4.78 is 0. The first kappa shape index (κ1) is 15.8. The van der Waals surface area contributed by atoms with E-state index in [1.165, 1.54) is 38.5 Å². The Morgan fingerprint density at radius 2 is 1.80 bits per heavy atom. The lowest BCUT2D eigenvalue weighted by molar-refractivity contribution is -0.123. The van der Waals surface area contributed by atoms with Gasteiger partial charge in [-0.3, -0.25) is 9.69 Å². The Bertz CT molecular complexity index is 292. The van der Waals surface area contributed by atoms with Gasteiger partial charge in [-0.2, -0.15) is 0 Å². The average Bonchev–Trinajstić information content (AvgIpc) is 2.90. The number of likely N-dealkylation sites (tertiary alicyclic amines) is 1. The minimum absolute atomic E-state index is 0.232. The summed E-state index contributed by atoms with van der Waals surface area (Å²) >= 11 is 0. The fraction of sp³-hybridized carbons (Fsp3) is 0.938. The van der Waals surface area contributed by atoms with Crippen LogP contribution in [0, 0.1) is 5.92 Å². The lowest BCUT2D eigenvalue weighted by Crippen LogP contribution is -2.45. The van der Waals surface area contributed by atoms with Crippen molar-refractivity contribution in [3.05, 3.63) is 0 Å². The Hall–Kier alpha value is -0.610. The highest BCUT2D eigenvalue weighted by atomic mass is 16.2. The van der Waals surface area contributed by atoms with Crippen LogP contribution in [0.15, 0.2) is 0 Å². The smallest absolute Gasteiger partial charge is 0.234 e. The summed E-state index contributed by atoms with van der Waals surface area (Å²) in [5.74, 6) is 1.02. The summed E-state index contributed by atoms with van der Waals surface area (Å²) in [6.45, 7) is 8.26. The predicted molar refractivity (Wildman–Crippen MR) is 82.7 cm³/mol. The highest BCUT2D eigenvalue weighted by Gasteiger charge is 2.22. The van der Waals surface area contributed by atoms with Gasteiger partial charge in [-0.05, 0) is 51.2 Å². The van der Waals surface area contributed by atoms with Crippen molar-refractivity contribution in [2.24, 2.45) is 5.92 Å². The first-order valence-electron chi connectivity index (χ1n) is 8.38. The summed E-state index contributed by atoms with van der Waals surface area (Å²) in [7, 11) is 0. The van der Waals surface area contributed by atoms with Gasteiger partial charge in [-0.25, -0.2) is 0 Å². The monoisotopic (exact) mass is 281 g/mol. The van der Waals surface area contributed by atoms with Crippen molar-refractivity contribution in [2.45, 2.75) is 64.5 Å². The lowest BCUT2D eigenvalue weighted by atomic mass is 9.96. The number of amides is 1. The van der Waals surface area contributed by atoms with Crippen LogP contribution in [-0.4, -0.2) is 49.1 Å². The minimum Gasteiger partial charge on any atom is -0.352 e. The quantitative estimate of drug-likeness (QED) is 0.780. The zero-order valence-corrected chi connectivity index (χ0v) is 13.2. The molecule has 2 rings (SSSR count). The van der Waals surface area contributed by atoms with Crippen LogP contribution in [0.25, 0.3) is 0 Å². The standard InChI is InChI=1S/C16H31N3O/c1-13(2)17-11-14-7-9-19(10-8-14)12-16(20)18-15-5-3-4-6-15/h13-15,17H,3-12H2,1-2H3,(H,18,20). The second-order valence-corrected chi connectivity index (χ2v) is 6.83. The molecule has 4 nitrogen and oxygen atoms in total. The van der Waals surface area contributed by atoms with Crippen molar-refractivity contribution in [3.63, 3.8) is 0 Å². The summed E-state index contributed by atoms with van der Waals surface area (Å²) in [6, 6.07) is 1.03. The number of hydrogen-bond donors (Lipinski definition) is 2. The van der Waals surface area contributed by atoms with Crippen LogP contribution >= 0.6 is 0 Å². The second-order valence-electron chi connectivity index (χ2n) is 6.83. The van der Waals surface area contributed by atoms with E-state index in [1.54, 1.807) is 0 Å². The number of hydrogen-bond acceptors (Lipinski definition) is 3. The fourth-order valence-electron chi connectivity index (χ4n) is 3.30. The Balaban J connectivity index is 1.60. The summed E-state index contributed by atoms with van der Waals surface area (Å²) in [5.41, 5.74) is 0. The van der Waals surface area contributed by atoms with Crippen LogP contribution in [0.2, 0.25) is 0 Å². The van der Waals surface area contributed by atoms with Gasteiger partial charge in [0.2, 0.25) is 5.91 Å². The third-order valence-electron chi connectivity index (χ3n) is 4.61. The van der Waals surface area contributed by atoms with E-state index in [0.717, 1.165) is 25.6 Å². The fourth-order valence-corrected chi connectivity index (χ4v) is 3.30. The number of nitrogens with one attached hydrogen (secondary N) is 2. The Morgan fingerprint density at radius 3 is 2.40 bits per heavy atom. The van der Waals surface area contributed by atoms with E-state index in [0.29, 0.717) is 18.6 Å². The zero-order valence-electron chi connectivity index (χ0n) is 13.2. The van der Waals surface area contributed by atoms with Crippen LogP contribution in [0.4, 0.5) is 0 Å². The maximum absolute atomic E-state index is 12.0. The molecule has 1 aliphatic carbocycles. The highest BCUT2D eigenvalue weighted by molar-refractivity contribution is 5.78. The van der Waals surface area contributed by atoms with Gasteiger partial charge in [-0.15, -0.1) is 0 Å². The molecule has 1 heterocycles. The first-order valence-corrected chi connectivity index (χ1v) is 8.38. The molecule has 1 saturated carbocycles. The molecule has 0 aromatic rings. The number of carbonyl (C=O) groups excluding carboxylic acids is 1. The maximum atomic E-state index is 12.0. The average molecular weight is 281 g/mol. The van der Waals surface area contributed by atoms with Gasteiger partial charge in [0.15, 0.2) is 0 Å². The molecular weight excluding hydrogens is 250 g/mol. The molecular formula is C16H31N3O. The van der Waals surface area contributed by atoms with Crippen molar-refractivity contribution in [2.75, 3.05) is 26.2 Å². The van der Waals surface area contributed by atoms with E-state index in [1.807, 2.05) is 0 Å². The molecule has 2 aliphatic rings. The SMILES string of the molecule is CC(C)NCC1CCN(CC(=O)NC2CCCC2)CC1. The van der Waals surface area contributed by atoms with Crippen LogP contribution in [0.3, 0.4) is 0 Å². The van der Waals surface area contributed by atoms with E-state index < -0.39 is 0 Å². The summed E-state index contributed by atoms with van der Waals surface area (Å²) in [4.78, 5) is 14.3. The molecule has 0 bridgehead atoms. The van der Waals surface area contributed by atoms with Crippen molar-refractivity contribution >= 4 is 5.91 Å². The van der Waals surface area contributed by atoms with E-state index in [4.69, 9.17) is 0 Å². The molecule has 20 heavy (non-hydrogen) atoms. The Morgan fingerprint density at radius 1 is 1.15 bits per heavy atom. The molecule has 0 aromatic heterocycles. The molecule has 0 unspecified atom stereocenters. The number of carbonyl (C=O) groups is 1. The zero-order chi connectivity index (χ0) is 14.4. The van der Waals surface area contributed by atoms with Crippen molar-refractivity contribution in [1.29, 1.82) is 0 Å². The third-order valence-corrected chi connectivity index (χ3v) is 4.61. The third kappa shape index (κ3) is 5.41. The molecule has 2 N–H and O–H groups in total. The minimum atomic E-state index is 0.232. The molecule has 1 aliphatic heterocycles. The van der Waals surface area contributed by atoms with Crippen LogP contribution in [0.5, 0.6) is 0 Å². The van der Waals surface area contributed by atoms with Gasteiger partial charge < -0.3 is 10.6 Å². The number of piperidine rings is 1. The summed E-state index contributed by atoms with van der Waals surface area (Å²) in [5, 5.41) is 6.71. The number of rotatable bonds is 6. The topological polar surface area (TPSA) is 44.4 Å². The van der Waals surface area contributed by atoms with Gasteiger partial charge in [-0.1, -0.05) is 26.7 Å². The molecule has 116 valence electrons. The van der Waals surface area contributed by atoms with Gasteiger partial charge in [0, 0.05) is 12.1 Å². The van der Waals surface area contributed by atoms with E-state index in [9.17, 15) is 4.79 Å². The Kier molecular flexibility index (Phi) is 6.30. The van der Waals surface area contributed by atoms with Crippen molar-refractivity contribution in [3.8, 4) is 0 Å². The van der Waals surface area contributed by atoms with E-state index >= 15 is 0 Å². The largest absolute Gasteiger partial charge is 0.352 e. The molecule has 0 radical (unpaired) electrons. The Labute approximate surface area is 123 Å². The lowest BCUT2D eigenvalue weighted by Gasteiger charge is -2.32. The molecule has 0 spiro atoms. The van der Waals surface area contributed by atoms with Crippen LogP contribution < -0.4 is 10.6 Å². The molecule has 0 aromatic carbocycles. The molecule has 1 amide bonds. The molecule has 0 atom stereocenters. The van der Waals surface area contributed by atoms with E-state index in [-0.39, 0.29) is 5.91 Å². The molecule has 4 heteroatoms. The molecule has 1 saturated heterocycles. The summed E-state index contributed by atoms with van der Waals surface area (Å²) in [6.07, 6.45) is 7.34. The first-order chi connectivity index (χ1) is 9.63. The van der Waals surface area contributed by atoms with Gasteiger partial charge in [0.1, 0.15) is 0 Å². The maximum Gasteiger partial charge on any atom is 0.234 e. The number of nitrogens with zero attached hydrogens (tertiary/aromatic N) is 1. The normalized spacial score (nSPS) is 22.6. The van der Waals surface area contributed by atoms with Crippen molar-refractivity contribution < 1.29 is 4.79 Å².